The molecular formula is C19H24N4O3S2. The van der Waals surface area contributed by atoms with Gasteiger partial charge in [0.2, 0.25) is 11.0 Å². The number of nitrogens with zero attached hydrogens (tertiary/aromatic N) is 3. The number of hydrogen-bond acceptors (Lipinski definition) is 8. The molecule has 0 atom stereocenters. The number of methoxy groups -OCH3 is 1. The number of anilines is 2. The van der Waals surface area contributed by atoms with Crippen LogP contribution < -0.4 is 5.32 Å². The van der Waals surface area contributed by atoms with Crippen molar-refractivity contribution in [2.75, 3.05) is 31.3 Å². The molecule has 1 N–H and O–H groups in total. The van der Waals surface area contributed by atoms with E-state index in [0.29, 0.717) is 36.8 Å². The number of likely N-dealkylation sites (tertiary alicyclic amines) is 1. The Kier molecular flexibility index (Phi) is 6.90. The van der Waals surface area contributed by atoms with Crippen molar-refractivity contribution in [2.45, 2.75) is 31.0 Å². The Hall–Kier alpha value is -2.13. The maximum Gasteiger partial charge on any atom is 0.308 e. The standard InChI is InChI=1S/C19H24N4O3S2/c1-12-4-5-15(13(2)10-12)20-18-21-22-19(28-18)27-11-16(24)23-8-6-14(7-9-23)17(25)26-3/h4-5,10,14H,6-9,11H2,1-3H3,(H,20,21). The molecule has 7 nitrogen and oxygen atoms in total. The van der Waals surface area contributed by atoms with E-state index >= 15 is 0 Å². The number of esters is 1. The van der Waals surface area contributed by atoms with Gasteiger partial charge in [-0.2, -0.15) is 0 Å². The number of hydrogen-bond donors (Lipinski definition) is 1. The van der Waals surface area contributed by atoms with Crippen LogP contribution in [0.5, 0.6) is 0 Å². The first-order chi connectivity index (χ1) is 13.5. The largest absolute Gasteiger partial charge is 0.469 e. The van der Waals surface area contributed by atoms with Crippen LogP contribution in [-0.4, -0.2) is 52.9 Å². The predicted molar refractivity (Wildman–Crippen MR) is 111 cm³/mol. The summed E-state index contributed by atoms with van der Waals surface area (Å²) in [6.07, 6.45) is 1.32. The Morgan fingerprint density at radius 1 is 1.29 bits per heavy atom. The number of carbonyl (C=O) groups is 2. The van der Waals surface area contributed by atoms with Crippen molar-refractivity contribution in [3.8, 4) is 0 Å². The summed E-state index contributed by atoms with van der Waals surface area (Å²) in [5, 5.41) is 12.3. The first-order valence-corrected chi connectivity index (χ1v) is 10.9. The van der Waals surface area contributed by atoms with E-state index in [2.05, 4.69) is 28.5 Å². The SMILES string of the molecule is COC(=O)C1CCN(C(=O)CSc2nnc(Nc3ccc(C)cc3C)s2)CC1. The van der Waals surface area contributed by atoms with Gasteiger partial charge in [-0.25, -0.2) is 0 Å². The van der Waals surface area contributed by atoms with Crippen molar-refractivity contribution < 1.29 is 14.3 Å². The Labute approximate surface area is 172 Å². The molecule has 1 aromatic heterocycles. The lowest BCUT2D eigenvalue weighted by atomic mass is 9.97. The van der Waals surface area contributed by atoms with Crippen LogP contribution in [0.1, 0.15) is 24.0 Å². The number of thioether (sulfide) groups is 1. The first-order valence-electron chi connectivity index (χ1n) is 9.12. The highest BCUT2D eigenvalue weighted by molar-refractivity contribution is 8.01. The van der Waals surface area contributed by atoms with Crippen LogP contribution in [0.25, 0.3) is 0 Å². The molecule has 150 valence electrons. The van der Waals surface area contributed by atoms with Gasteiger partial charge in [0.1, 0.15) is 0 Å². The van der Waals surface area contributed by atoms with Gasteiger partial charge in [-0.05, 0) is 38.3 Å². The Bertz CT molecular complexity index is 847. The lowest BCUT2D eigenvalue weighted by molar-refractivity contribution is -0.148. The minimum atomic E-state index is -0.181. The van der Waals surface area contributed by atoms with Gasteiger partial charge in [0.05, 0.1) is 18.8 Å². The molecule has 0 radical (unpaired) electrons. The highest BCUT2D eigenvalue weighted by Crippen LogP contribution is 2.29. The number of rotatable bonds is 6. The molecule has 2 heterocycles. The summed E-state index contributed by atoms with van der Waals surface area (Å²) in [6.45, 7) is 5.29. The molecule has 1 saturated heterocycles. The van der Waals surface area contributed by atoms with Gasteiger partial charge in [-0.1, -0.05) is 40.8 Å². The van der Waals surface area contributed by atoms with Crippen LogP contribution in [0.15, 0.2) is 22.5 Å². The quantitative estimate of drug-likeness (QED) is 0.566. The molecule has 0 saturated carbocycles. The van der Waals surface area contributed by atoms with Gasteiger partial charge in [-0.3, -0.25) is 9.59 Å². The number of nitrogens with one attached hydrogen (secondary N) is 1. The summed E-state index contributed by atoms with van der Waals surface area (Å²) >= 11 is 2.83. The molecule has 0 unspecified atom stereocenters. The number of aryl methyl sites for hydroxylation is 2. The van der Waals surface area contributed by atoms with Crippen LogP contribution in [-0.2, 0) is 14.3 Å². The van der Waals surface area contributed by atoms with E-state index in [-0.39, 0.29) is 17.8 Å². The minimum Gasteiger partial charge on any atom is -0.469 e. The van der Waals surface area contributed by atoms with Crippen LogP contribution in [0, 0.1) is 19.8 Å². The summed E-state index contributed by atoms with van der Waals surface area (Å²) < 4.78 is 5.54. The second-order valence-corrected chi connectivity index (χ2v) is 8.98. The van der Waals surface area contributed by atoms with Gasteiger partial charge in [0.15, 0.2) is 4.34 Å². The molecule has 2 aromatic rings. The number of carbonyl (C=O) groups excluding carboxylic acids is 2. The topological polar surface area (TPSA) is 84.4 Å². The third-order valence-corrected chi connectivity index (χ3v) is 6.69. The molecule has 1 fully saturated rings. The Balaban J connectivity index is 1.48. The maximum atomic E-state index is 12.4. The van der Waals surface area contributed by atoms with Gasteiger partial charge >= 0.3 is 5.97 Å². The first kappa shape index (κ1) is 20.6. The van der Waals surface area contributed by atoms with E-state index in [1.165, 1.54) is 35.8 Å². The fourth-order valence-corrected chi connectivity index (χ4v) is 4.80. The number of piperidine rings is 1. The van der Waals surface area contributed by atoms with Gasteiger partial charge in [0.25, 0.3) is 0 Å². The predicted octanol–water partition coefficient (Wildman–Crippen LogP) is 3.40. The summed E-state index contributed by atoms with van der Waals surface area (Å²) in [4.78, 5) is 25.8. The third-order valence-electron chi connectivity index (χ3n) is 4.73. The summed E-state index contributed by atoms with van der Waals surface area (Å²) in [6, 6.07) is 6.19. The average molecular weight is 421 g/mol. The summed E-state index contributed by atoms with van der Waals surface area (Å²) in [5.41, 5.74) is 3.36. The summed E-state index contributed by atoms with van der Waals surface area (Å²) in [5.74, 6) is 0.108. The average Bonchev–Trinajstić information content (AvgIpc) is 3.15. The smallest absolute Gasteiger partial charge is 0.308 e. The van der Waals surface area contributed by atoms with Gasteiger partial charge < -0.3 is 15.0 Å². The molecule has 0 aliphatic carbocycles. The Morgan fingerprint density at radius 2 is 2.04 bits per heavy atom. The van der Waals surface area contributed by atoms with E-state index in [1.807, 2.05) is 24.0 Å². The molecule has 3 rings (SSSR count). The van der Waals surface area contributed by atoms with Crippen molar-refractivity contribution >= 4 is 45.8 Å². The van der Waals surface area contributed by atoms with E-state index < -0.39 is 0 Å². The minimum absolute atomic E-state index is 0.0624. The fourth-order valence-electron chi connectivity index (χ4n) is 3.13. The highest BCUT2D eigenvalue weighted by atomic mass is 32.2. The number of ether oxygens (including phenoxy) is 1. The molecule has 0 spiro atoms. The summed E-state index contributed by atoms with van der Waals surface area (Å²) in [7, 11) is 1.40. The monoisotopic (exact) mass is 420 g/mol. The molecule has 1 aliphatic heterocycles. The Morgan fingerprint density at radius 3 is 2.71 bits per heavy atom. The fraction of sp³-hybridized carbons (Fsp3) is 0.474. The zero-order valence-electron chi connectivity index (χ0n) is 16.2. The molecule has 1 aromatic carbocycles. The van der Waals surface area contributed by atoms with Crippen molar-refractivity contribution in [2.24, 2.45) is 5.92 Å². The molecule has 1 aliphatic rings. The van der Waals surface area contributed by atoms with Crippen LogP contribution in [0.4, 0.5) is 10.8 Å². The molecule has 9 heteroatoms. The van der Waals surface area contributed by atoms with E-state index in [9.17, 15) is 9.59 Å². The normalized spacial score (nSPS) is 14.8. The van der Waals surface area contributed by atoms with Crippen molar-refractivity contribution in [3.63, 3.8) is 0 Å². The van der Waals surface area contributed by atoms with Crippen LogP contribution >= 0.6 is 23.1 Å². The third kappa shape index (κ3) is 5.23. The number of aromatic nitrogens is 2. The van der Waals surface area contributed by atoms with Crippen molar-refractivity contribution in [1.82, 2.24) is 15.1 Å². The second kappa shape index (κ2) is 9.38. The molecule has 0 bridgehead atoms. The van der Waals surface area contributed by atoms with E-state index in [4.69, 9.17) is 4.74 Å². The van der Waals surface area contributed by atoms with Crippen LogP contribution in [0.2, 0.25) is 0 Å². The lowest BCUT2D eigenvalue weighted by Crippen LogP contribution is -2.41. The highest BCUT2D eigenvalue weighted by Gasteiger charge is 2.27. The van der Waals surface area contributed by atoms with Gasteiger partial charge in [-0.15, -0.1) is 10.2 Å². The second-order valence-electron chi connectivity index (χ2n) is 6.78. The maximum absolute atomic E-state index is 12.4. The number of benzene rings is 1. The molecule has 28 heavy (non-hydrogen) atoms. The number of amides is 1. The van der Waals surface area contributed by atoms with Crippen LogP contribution in [0.3, 0.4) is 0 Å². The van der Waals surface area contributed by atoms with Crippen molar-refractivity contribution in [3.05, 3.63) is 29.3 Å². The van der Waals surface area contributed by atoms with E-state index in [1.54, 1.807) is 0 Å². The zero-order chi connectivity index (χ0) is 20.1. The molecular weight excluding hydrogens is 396 g/mol. The van der Waals surface area contributed by atoms with E-state index in [0.717, 1.165) is 15.6 Å². The van der Waals surface area contributed by atoms with Gasteiger partial charge in [0, 0.05) is 18.8 Å². The van der Waals surface area contributed by atoms with Crippen molar-refractivity contribution in [1.29, 1.82) is 0 Å². The molecule has 1 amide bonds. The lowest BCUT2D eigenvalue weighted by Gasteiger charge is -2.30. The zero-order valence-corrected chi connectivity index (χ0v) is 17.9.